The largest absolute Gasteiger partial charge is 0.354 e. The summed E-state index contributed by atoms with van der Waals surface area (Å²) in [6, 6.07) is 20.4. The van der Waals surface area contributed by atoms with Gasteiger partial charge < -0.3 is 10.2 Å². The molecule has 39 heavy (non-hydrogen) atoms. The highest BCUT2D eigenvalue weighted by atomic mass is 32.2. The highest BCUT2D eigenvalue weighted by molar-refractivity contribution is 7.92. The van der Waals surface area contributed by atoms with Crippen LogP contribution >= 0.6 is 0 Å². The number of carbonyl (C=O) groups excluding carboxylic acids is 2. The van der Waals surface area contributed by atoms with Crippen LogP contribution in [0.3, 0.4) is 0 Å². The Morgan fingerprint density at radius 1 is 0.897 bits per heavy atom. The summed E-state index contributed by atoms with van der Waals surface area (Å²) in [6.45, 7) is 9.69. The maximum Gasteiger partial charge on any atom is 0.264 e. The summed E-state index contributed by atoms with van der Waals surface area (Å²) in [6.07, 6.45) is 1.77. The number of nitrogens with zero attached hydrogens (tertiary/aromatic N) is 2. The first-order chi connectivity index (χ1) is 18.6. The number of unbranched alkanes of at least 4 members (excludes halogenated alkanes) is 1. The van der Waals surface area contributed by atoms with Crippen molar-refractivity contribution in [3.05, 3.63) is 95.1 Å². The molecule has 0 heterocycles. The summed E-state index contributed by atoms with van der Waals surface area (Å²) >= 11 is 0. The number of hydrogen-bond acceptors (Lipinski definition) is 4. The molecule has 1 unspecified atom stereocenters. The number of benzene rings is 3. The molecule has 2 amide bonds. The lowest BCUT2D eigenvalue weighted by Gasteiger charge is -2.32. The second-order valence-electron chi connectivity index (χ2n) is 9.87. The summed E-state index contributed by atoms with van der Waals surface area (Å²) in [4.78, 5) is 28.6. The van der Waals surface area contributed by atoms with E-state index in [1.165, 1.54) is 17.0 Å². The van der Waals surface area contributed by atoms with Gasteiger partial charge in [0.2, 0.25) is 11.8 Å². The van der Waals surface area contributed by atoms with Crippen molar-refractivity contribution in [2.45, 2.75) is 64.9 Å². The molecule has 0 spiro atoms. The molecule has 208 valence electrons. The van der Waals surface area contributed by atoms with Crippen LogP contribution in [0.1, 0.15) is 48.9 Å². The molecule has 0 radical (unpaired) electrons. The second kappa shape index (κ2) is 13.4. The Bertz CT molecular complexity index is 1370. The van der Waals surface area contributed by atoms with Crippen molar-refractivity contribution in [2.75, 3.05) is 17.4 Å². The minimum Gasteiger partial charge on any atom is -0.354 e. The third-order valence-corrected chi connectivity index (χ3v) is 8.70. The number of aryl methyl sites for hydroxylation is 2. The Hall–Kier alpha value is -3.65. The normalized spacial score (nSPS) is 12.0. The zero-order chi connectivity index (χ0) is 28.6. The highest BCUT2D eigenvalue weighted by Crippen LogP contribution is 2.29. The number of hydrogen-bond donors (Lipinski definition) is 1. The predicted molar refractivity (Wildman–Crippen MR) is 156 cm³/mol. The van der Waals surface area contributed by atoms with Gasteiger partial charge in [0.1, 0.15) is 12.6 Å². The van der Waals surface area contributed by atoms with Crippen LogP contribution in [0.25, 0.3) is 0 Å². The van der Waals surface area contributed by atoms with Crippen molar-refractivity contribution in [1.29, 1.82) is 0 Å². The fourth-order valence-corrected chi connectivity index (χ4v) is 5.74. The molecule has 0 aliphatic rings. The van der Waals surface area contributed by atoms with Crippen LogP contribution < -0.4 is 9.62 Å². The average Bonchev–Trinajstić information content (AvgIpc) is 2.93. The average molecular weight is 550 g/mol. The number of rotatable bonds is 12. The summed E-state index contributed by atoms with van der Waals surface area (Å²) in [7, 11) is -4.08. The Labute approximate surface area is 232 Å². The molecule has 7 nitrogen and oxygen atoms in total. The second-order valence-corrected chi connectivity index (χ2v) is 11.7. The first-order valence-electron chi connectivity index (χ1n) is 13.3. The lowest BCUT2D eigenvalue weighted by Crippen LogP contribution is -2.51. The molecule has 1 atom stereocenters. The number of anilines is 1. The van der Waals surface area contributed by atoms with Crippen molar-refractivity contribution >= 4 is 27.5 Å². The van der Waals surface area contributed by atoms with Crippen LogP contribution in [0, 0.1) is 20.8 Å². The fourth-order valence-electron chi connectivity index (χ4n) is 4.25. The summed E-state index contributed by atoms with van der Waals surface area (Å²) in [5.74, 6) is -0.734. The Kier molecular flexibility index (Phi) is 10.3. The van der Waals surface area contributed by atoms with Crippen LogP contribution in [0.4, 0.5) is 5.69 Å². The van der Waals surface area contributed by atoms with Gasteiger partial charge in [-0.05, 0) is 69.0 Å². The van der Waals surface area contributed by atoms with Gasteiger partial charge in [0.05, 0.1) is 10.6 Å². The van der Waals surface area contributed by atoms with Gasteiger partial charge in [-0.2, -0.15) is 0 Å². The van der Waals surface area contributed by atoms with E-state index in [0.29, 0.717) is 12.2 Å². The van der Waals surface area contributed by atoms with Crippen LogP contribution in [0.15, 0.2) is 77.7 Å². The third-order valence-electron chi connectivity index (χ3n) is 6.93. The third kappa shape index (κ3) is 7.47. The lowest BCUT2D eigenvalue weighted by molar-refractivity contribution is -0.139. The van der Waals surface area contributed by atoms with Gasteiger partial charge in [0.25, 0.3) is 10.0 Å². The van der Waals surface area contributed by atoms with Gasteiger partial charge in [-0.25, -0.2) is 8.42 Å². The molecular formula is C31H39N3O4S. The Morgan fingerprint density at radius 3 is 2.21 bits per heavy atom. The number of sulfonamides is 1. The lowest BCUT2D eigenvalue weighted by atomic mass is 10.1. The molecule has 3 aromatic carbocycles. The van der Waals surface area contributed by atoms with E-state index < -0.39 is 28.5 Å². The molecular weight excluding hydrogens is 510 g/mol. The van der Waals surface area contributed by atoms with Crippen LogP contribution in [0.2, 0.25) is 0 Å². The van der Waals surface area contributed by atoms with Crippen molar-refractivity contribution in [3.8, 4) is 0 Å². The molecule has 8 heteroatoms. The van der Waals surface area contributed by atoms with Crippen molar-refractivity contribution in [1.82, 2.24) is 10.2 Å². The minimum atomic E-state index is -4.08. The molecule has 1 N–H and O–H groups in total. The molecule has 0 fully saturated rings. The smallest absolute Gasteiger partial charge is 0.264 e. The first-order valence-corrected chi connectivity index (χ1v) is 14.8. The summed E-state index contributed by atoms with van der Waals surface area (Å²) in [5, 5.41) is 2.91. The molecule has 3 rings (SSSR count). The van der Waals surface area contributed by atoms with Crippen LogP contribution in [-0.4, -0.2) is 44.3 Å². The first kappa shape index (κ1) is 29.9. The zero-order valence-electron chi connectivity index (χ0n) is 23.5. The highest BCUT2D eigenvalue weighted by Gasteiger charge is 2.33. The van der Waals surface area contributed by atoms with Gasteiger partial charge >= 0.3 is 0 Å². The fraction of sp³-hybridized carbons (Fsp3) is 0.355. The van der Waals surface area contributed by atoms with E-state index in [9.17, 15) is 18.0 Å². The van der Waals surface area contributed by atoms with Gasteiger partial charge in [-0.15, -0.1) is 0 Å². The topological polar surface area (TPSA) is 86.8 Å². The standard InChI is InChI=1S/C31H39N3O4S/c1-6-7-20-32-31(36)26(5)33(21-27-18-16-23(2)17-19-27)30(35)22-34(29-15-11-12-24(3)25(29)4)39(37,38)28-13-9-8-10-14-28/h8-19,26H,6-7,20-22H2,1-5H3,(H,32,36). The van der Waals surface area contributed by atoms with E-state index in [4.69, 9.17) is 0 Å². The molecule has 0 aromatic heterocycles. The molecule has 0 saturated carbocycles. The number of amides is 2. The van der Waals surface area contributed by atoms with E-state index in [1.54, 1.807) is 37.3 Å². The van der Waals surface area contributed by atoms with E-state index in [0.717, 1.165) is 39.4 Å². The van der Waals surface area contributed by atoms with Crippen molar-refractivity contribution < 1.29 is 18.0 Å². The van der Waals surface area contributed by atoms with Crippen LogP contribution in [0.5, 0.6) is 0 Å². The molecule has 0 aliphatic heterocycles. The molecule has 0 saturated heterocycles. The van der Waals surface area contributed by atoms with Gasteiger partial charge in [0.15, 0.2) is 0 Å². The van der Waals surface area contributed by atoms with Gasteiger partial charge in [-0.3, -0.25) is 13.9 Å². The molecule has 0 bridgehead atoms. The SMILES string of the molecule is CCCCNC(=O)C(C)N(Cc1ccc(C)cc1)C(=O)CN(c1cccc(C)c1C)S(=O)(=O)c1ccccc1. The maximum atomic E-state index is 14.0. The number of nitrogens with one attached hydrogen (secondary N) is 1. The molecule has 3 aromatic rings. The predicted octanol–water partition coefficient (Wildman–Crippen LogP) is 5.14. The Morgan fingerprint density at radius 2 is 1.56 bits per heavy atom. The quantitative estimate of drug-likeness (QED) is 0.317. The van der Waals surface area contributed by atoms with Crippen LogP contribution in [-0.2, 0) is 26.2 Å². The molecule has 0 aliphatic carbocycles. The van der Waals surface area contributed by atoms with Crippen molar-refractivity contribution in [3.63, 3.8) is 0 Å². The van der Waals surface area contributed by atoms with Gasteiger partial charge in [-0.1, -0.05) is 73.5 Å². The van der Waals surface area contributed by atoms with E-state index >= 15 is 0 Å². The summed E-state index contributed by atoms with van der Waals surface area (Å²) in [5.41, 5.74) is 4.04. The summed E-state index contributed by atoms with van der Waals surface area (Å²) < 4.78 is 29.0. The zero-order valence-corrected chi connectivity index (χ0v) is 24.3. The minimum absolute atomic E-state index is 0.0918. The maximum absolute atomic E-state index is 14.0. The van der Waals surface area contributed by atoms with Gasteiger partial charge in [0, 0.05) is 13.1 Å². The number of carbonyl (C=O) groups is 2. The monoisotopic (exact) mass is 549 g/mol. The van der Waals surface area contributed by atoms with Crippen molar-refractivity contribution in [2.24, 2.45) is 0 Å². The Balaban J connectivity index is 2.02. The van der Waals surface area contributed by atoms with E-state index in [-0.39, 0.29) is 17.3 Å². The van der Waals surface area contributed by atoms with E-state index in [1.807, 2.05) is 58.0 Å². The van der Waals surface area contributed by atoms with E-state index in [2.05, 4.69) is 5.32 Å².